The van der Waals surface area contributed by atoms with Gasteiger partial charge in [0.2, 0.25) is 0 Å². The highest BCUT2D eigenvalue weighted by molar-refractivity contribution is 6.37. The molecule has 0 amide bonds. The van der Waals surface area contributed by atoms with E-state index in [0.29, 0.717) is 23.0 Å². The van der Waals surface area contributed by atoms with E-state index in [9.17, 15) is 4.39 Å². The van der Waals surface area contributed by atoms with E-state index in [1.165, 1.54) is 25.6 Å². The molecule has 110 valence electrons. The van der Waals surface area contributed by atoms with Crippen LogP contribution in [0.1, 0.15) is 19.3 Å². The topological polar surface area (TPSA) is 41.9 Å². The molecule has 4 rings (SSSR count). The monoisotopic (exact) mass is 326 g/mol. The van der Waals surface area contributed by atoms with Gasteiger partial charge in [-0.25, -0.2) is 19.3 Å². The molecule has 2 bridgehead atoms. The average molecular weight is 327 g/mol. The molecule has 2 atom stereocenters. The Labute approximate surface area is 131 Å². The predicted molar refractivity (Wildman–Crippen MR) is 80.4 cm³/mol. The zero-order valence-electron chi connectivity index (χ0n) is 11.2. The first-order chi connectivity index (χ1) is 10.1. The van der Waals surface area contributed by atoms with Gasteiger partial charge in [0.25, 0.3) is 0 Å². The second kappa shape index (κ2) is 4.92. The number of fused-ring (bicyclic) bond motifs is 3. The van der Waals surface area contributed by atoms with Crippen molar-refractivity contribution in [3.63, 3.8) is 0 Å². The molecule has 2 aromatic heterocycles. The van der Waals surface area contributed by atoms with Crippen molar-refractivity contribution < 1.29 is 4.39 Å². The van der Waals surface area contributed by atoms with Crippen molar-refractivity contribution in [3.8, 4) is 0 Å². The number of pyridine rings is 1. The van der Waals surface area contributed by atoms with Gasteiger partial charge < -0.3 is 4.90 Å². The van der Waals surface area contributed by atoms with Crippen LogP contribution in [0.4, 0.5) is 10.2 Å². The average Bonchev–Trinajstić information content (AvgIpc) is 2.82. The second-order valence-electron chi connectivity index (χ2n) is 5.88. The third-order valence-corrected chi connectivity index (χ3v) is 5.05. The van der Waals surface area contributed by atoms with Crippen LogP contribution in [0.15, 0.2) is 6.33 Å². The van der Waals surface area contributed by atoms with E-state index in [4.69, 9.17) is 23.2 Å². The molecule has 1 saturated heterocycles. The van der Waals surface area contributed by atoms with Gasteiger partial charge in [-0.1, -0.05) is 23.2 Å². The first-order valence-electron chi connectivity index (χ1n) is 7.03. The molecule has 21 heavy (non-hydrogen) atoms. The quantitative estimate of drug-likeness (QED) is 0.749. The highest BCUT2D eigenvalue weighted by Gasteiger charge is 2.34. The molecule has 3 heterocycles. The first-order valence-corrected chi connectivity index (χ1v) is 7.79. The normalized spacial score (nSPS) is 24.8. The van der Waals surface area contributed by atoms with E-state index in [1.54, 1.807) is 0 Å². The van der Waals surface area contributed by atoms with E-state index in [-0.39, 0.29) is 15.8 Å². The van der Waals surface area contributed by atoms with Gasteiger partial charge in [-0.3, -0.25) is 0 Å². The second-order valence-corrected chi connectivity index (χ2v) is 6.59. The van der Waals surface area contributed by atoms with Gasteiger partial charge in [0.1, 0.15) is 22.8 Å². The number of hydrogen-bond donors (Lipinski definition) is 0. The number of aromatic nitrogens is 3. The lowest BCUT2D eigenvalue weighted by atomic mass is 9.99. The van der Waals surface area contributed by atoms with Crippen LogP contribution in [0.5, 0.6) is 0 Å². The molecule has 0 radical (unpaired) electrons. The molecule has 1 aliphatic heterocycles. The molecule has 2 aliphatic rings. The lowest BCUT2D eigenvalue weighted by Crippen LogP contribution is -2.37. The molecular weight excluding hydrogens is 314 g/mol. The van der Waals surface area contributed by atoms with Crippen molar-refractivity contribution >= 4 is 39.9 Å². The highest BCUT2D eigenvalue weighted by Crippen LogP contribution is 2.40. The molecule has 0 aromatic carbocycles. The molecule has 1 saturated carbocycles. The van der Waals surface area contributed by atoms with Crippen LogP contribution in [0.2, 0.25) is 10.3 Å². The molecule has 7 heteroatoms. The van der Waals surface area contributed by atoms with Gasteiger partial charge in [-0.15, -0.1) is 0 Å². The van der Waals surface area contributed by atoms with Crippen LogP contribution in [-0.4, -0.2) is 28.0 Å². The predicted octanol–water partition coefficient (Wildman–Crippen LogP) is 3.71. The number of piperidine rings is 1. The maximum absolute atomic E-state index is 14.1. The molecule has 2 fully saturated rings. The molecule has 1 aliphatic carbocycles. The molecular formula is C14H13Cl2FN4. The van der Waals surface area contributed by atoms with Crippen LogP contribution in [-0.2, 0) is 0 Å². The van der Waals surface area contributed by atoms with Gasteiger partial charge in [-0.2, -0.15) is 0 Å². The van der Waals surface area contributed by atoms with Crippen LogP contribution < -0.4 is 4.90 Å². The summed E-state index contributed by atoms with van der Waals surface area (Å²) < 4.78 is 14.1. The lowest BCUT2D eigenvalue weighted by molar-refractivity contribution is 0.419. The maximum atomic E-state index is 14.1. The third kappa shape index (κ3) is 2.14. The van der Waals surface area contributed by atoms with Gasteiger partial charge in [0.15, 0.2) is 11.0 Å². The van der Waals surface area contributed by atoms with Crippen molar-refractivity contribution in [1.29, 1.82) is 0 Å². The smallest absolute Gasteiger partial charge is 0.186 e. The summed E-state index contributed by atoms with van der Waals surface area (Å²) in [5, 5.41) is 0.364. The van der Waals surface area contributed by atoms with Crippen molar-refractivity contribution in [2.75, 3.05) is 18.0 Å². The van der Waals surface area contributed by atoms with Crippen LogP contribution in [0, 0.1) is 17.7 Å². The number of anilines is 1. The molecule has 0 spiro atoms. The standard InChI is InChI=1S/C14H13Cl2FN4/c15-12-9-11(10(17)13(16)20-12)18-6-19-14(9)21-4-7-1-2-8(3-7)5-21/h6-8H,1-5H2. The van der Waals surface area contributed by atoms with Crippen LogP contribution in [0.25, 0.3) is 10.9 Å². The third-order valence-electron chi connectivity index (χ3n) is 4.53. The minimum Gasteiger partial charge on any atom is -0.355 e. The molecule has 2 unspecified atom stereocenters. The number of halogens is 3. The van der Waals surface area contributed by atoms with Gasteiger partial charge >= 0.3 is 0 Å². The minimum atomic E-state index is -0.639. The van der Waals surface area contributed by atoms with Gasteiger partial charge in [0.05, 0.1) is 5.39 Å². The Kier molecular flexibility index (Phi) is 3.15. The fraction of sp³-hybridized carbons (Fsp3) is 0.500. The summed E-state index contributed by atoms with van der Waals surface area (Å²) in [5.74, 6) is 1.42. The number of hydrogen-bond acceptors (Lipinski definition) is 4. The van der Waals surface area contributed by atoms with Crippen molar-refractivity contribution in [2.24, 2.45) is 11.8 Å². The Morgan fingerprint density at radius 2 is 1.81 bits per heavy atom. The highest BCUT2D eigenvalue weighted by atomic mass is 35.5. The molecule has 0 N–H and O–H groups in total. The van der Waals surface area contributed by atoms with E-state index < -0.39 is 5.82 Å². The van der Waals surface area contributed by atoms with Crippen LogP contribution >= 0.6 is 23.2 Å². The van der Waals surface area contributed by atoms with E-state index in [2.05, 4.69) is 19.9 Å². The largest absolute Gasteiger partial charge is 0.355 e. The van der Waals surface area contributed by atoms with E-state index in [1.807, 2.05) is 0 Å². The zero-order chi connectivity index (χ0) is 14.6. The Morgan fingerprint density at radius 1 is 1.10 bits per heavy atom. The maximum Gasteiger partial charge on any atom is 0.186 e. The number of rotatable bonds is 1. The lowest BCUT2D eigenvalue weighted by Gasteiger charge is -2.33. The van der Waals surface area contributed by atoms with Crippen molar-refractivity contribution in [2.45, 2.75) is 19.3 Å². The van der Waals surface area contributed by atoms with Gasteiger partial charge in [0, 0.05) is 13.1 Å². The SMILES string of the molecule is Fc1c(Cl)nc(Cl)c2c(N3CC4CCC(C4)C3)ncnc12. The summed E-state index contributed by atoms with van der Waals surface area (Å²) in [6.45, 7) is 1.87. The van der Waals surface area contributed by atoms with E-state index >= 15 is 0 Å². The summed E-state index contributed by atoms with van der Waals surface area (Å²) in [6, 6.07) is 0. The summed E-state index contributed by atoms with van der Waals surface area (Å²) in [7, 11) is 0. The molecule has 4 nitrogen and oxygen atoms in total. The summed E-state index contributed by atoms with van der Waals surface area (Å²) in [5.41, 5.74) is 0.142. The number of nitrogens with zero attached hydrogens (tertiary/aromatic N) is 4. The Bertz CT molecular complexity index is 712. The Balaban J connectivity index is 1.87. The minimum absolute atomic E-state index is 0.142. The molecule has 2 aromatic rings. The van der Waals surface area contributed by atoms with Crippen molar-refractivity contribution in [3.05, 3.63) is 22.5 Å². The zero-order valence-corrected chi connectivity index (χ0v) is 12.7. The summed E-state index contributed by atoms with van der Waals surface area (Å²) in [6.07, 6.45) is 5.17. The van der Waals surface area contributed by atoms with Crippen LogP contribution in [0.3, 0.4) is 0 Å². The Hall–Kier alpha value is -1.20. The summed E-state index contributed by atoms with van der Waals surface area (Å²) >= 11 is 11.9. The Morgan fingerprint density at radius 3 is 2.52 bits per heavy atom. The first kappa shape index (κ1) is 13.5. The fourth-order valence-corrected chi connectivity index (χ4v) is 4.12. The van der Waals surface area contributed by atoms with Crippen molar-refractivity contribution in [1.82, 2.24) is 15.0 Å². The van der Waals surface area contributed by atoms with E-state index in [0.717, 1.165) is 13.1 Å². The fourth-order valence-electron chi connectivity index (χ4n) is 3.64. The van der Waals surface area contributed by atoms with Gasteiger partial charge in [-0.05, 0) is 31.1 Å². The summed E-state index contributed by atoms with van der Waals surface area (Å²) in [4.78, 5) is 14.4.